The molecule has 1 amide bonds. The highest BCUT2D eigenvalue weighted by atomic mass is 32.2. The molecule has 182 valence electrons. The van der Waals surface area contributed by atoms with Gasteiger partial charge in [0.15, 0.2) is 0 Å². The number of halogens is 1. The van der Waals surface area contributed by atoms with Crippen molar-refractivity contribution in [3.63, 3.8) is 0 Å². The molecule has 1 fully saturated rings. The fourth-order valence-corrected chi connectivity index (χ4v) is 5.56. The third kappa shape index (κ3) is 4.88. The van der Waals surface area contributed by atoms with Crippen molar-refractivity contribution >= 4 is 27.1 Å². The van der Waals surface area contributed by atoms with Gasteiger partial charge in [0.05, 0.1) is 9.82 Å². The maximum absolute atomic E-state index is 13.2. The molecule has 1 saturated heterocycles. The summed E-state index contributed by atoms with van der Waals surface area (Å²) in [6.07, 6.45) is 0. The van der Waals surface area contributed by atoms with Gasteiger partial charge in [0.25, 0.3) is 11.6 Å². The predicted molar refractivity (Wildman–Crippen MR) is 129 cm³/mol. The quantitative estimate of drug-likeness (QED) is 0.298. The van der Waals surface area contributed by atoms with E-state index < -0.39 is 37.1 Å². The summed E-state index contributed by atoms with van der Waals surface area (Å²) in [7, 11) is -4.28. The fourth-order valence-electron chi connectivity index (χ4n) is 4.15. The second-order valence-electron chi connectivity index (χ2n) is 8.47. The highest BCUT2D eigenvalue weighted by molar-refractivity contribution is 7.91. The molecule has 0 aromatic heterocycles. The SMILES string of the molecule is Cc1ccc(C)c(N2CCN(C(=O)c3ccc(S(=O)(=O)c4ccc(F)cc4)c([N+](=O)[O-])c3)CC2)c1. The van der Waals surface area contributed by atoms with Crippen LogP contribution in [0.5, 0.6) is 0 Å². The van der Waals surface area contributed by atoms with E-state index in [1.165, 1.54) is 6.07 Å². The number of carbonyl (C=O) groups is 1. The van der Waals surface area contributed by atoms with Crippen molar-refractivity contribution in [2.24, 2.45) is 0 Å². The average Bonchev–Trinajstić information content (AvgIpc) is 2.85. The highest BCUT2D eigenvalue weighted by Crippen LogP contribution is 2.31. The number of carbonyl (C=O) groups excluding carboxylic acids is 1. The predicted octanol–water partition coefficient (Wildman–Crippen LogP) is 4.15. The minimum atomic E-state index is -4.28. The minimum absolute atomic E-state index is 0.0370. The van der Waals surface area contributed by atoms with Crippen LogP contribution in [0.15, 0.2) is 70.5 Å². The molecule has 0 atom stereocenters. The summed E-state index contributed by atoms with van der Waals surface area (Å²) >= 11 is 0. The zero-order valence-corrected chi connectivity index (χ0v) is 20.1. The van der Waals surface area contributed by atoms with E-state index in [1.807, 2.05) is 19.9 Å². The number of benzene rings is 3. The Bertz CT molecular complexity index is 1400. The van der Waals surface area contributed by atoms with Gasteiger partial charge in [-0.1, -0.05) is 12.1 Å². The average molecular weight is 498 g/mol. The van der Waals surface area contributed by atoms with Crippen LogP contribution in [0.2, 0.25) is 0 Å². The molecular formula is C25H24FN3O5S. The lowest BCUT2D eigenvalue weighted by Gasteiger charge is -2.37. The number of rotatable bonds is 5. The van der Waals surface area contributed by atoms with Crippen LogP contribution in [0.1, 0.15) is 21.5 Å². The number of nitro benzene ring substituents is 1. The molecule has 0 unspecified atom stereocenters. The van der Waals surface area contributed by atoms with Gasteiger partial charge in [0.1, 0.15) is 10.7 Å². The van der Waals surface area contributed by atoms with Crippen LogP contribution in [-0.4, -0.2) is 50.3 Å². The molecule has 3 aromatic carbocycles. The molecule has 3 aromatic rings. The lowest BCUT2D eigenvalue weighted by molar-refractivity contribution is -0.387. The molecule has 1 heterocycles. The first-order valence-electron chi connectivity index (χ1n) is 11.0. The van der Waals surface area contributed by atoms with Gasteiger partial charge in [-0.2, -0.15) is 0 Å². The van der Waals surface area contributed by atoms with Gasteiger partial charge in [-0.15, -0.1) is 0 Å². The number of nitro groups is 1. The first kappa shape index (κ1) is 24.3. The second kappa shape index (κ2) is 9.46. The normalized spacial score (nSPS) is 14.1. The molecule has 0 aliphatic carbocycles. The largest absolute Gasteiger partial charge is 0.368 e. The van der Waals surface area contributed by atoms with Gasteiger partial charge in [-0.05, 0) is 67.4 Å². The Morgan fingerprint density at radius 1 is 0.943 bits per heavy atom. The van der Waals surface area contributed by atoms with Gasteiger partial charge in [-0.3, -0.25) is 14.9 Å². The summed E-state index contributed by atoms with van der Waals surface area (Å²) < 4.78 is 39.1. The van der Waals surface area contributed by atoms with Gasteiger partial charge in [0, 0.05) is 43.5 Å². The van der Waals surface area contributed by atoms with E-state index in [0.29, 0.717) is 26.2 Å². The van der Waals surface area contributed by atoms with Crippen LogP contribution < -0.4 is 4.90 Å². The topological polar surface area (TPSA) is 101 Å². The third-order valence-electron chi connectivity index (χ3n) is 6.09. The van der Waals surface area contributed by atoms with Crippen LogP contribution in [0.3, 0.4) is 0 Å². The maximum atomic E-state index is 13.2. The van der Waals surface area contributed by atoms with Gasteiger partial charge in [-0.25, -0.2) is 12.8 Å². The van der Waals surface area contributed by atoms with Crippen molar-refractivity contribution in [2.75, 3.05) is 31.1 Å². The molecule has 10 heteroatoms. The van der Waals surface area contributed by atoms with Gasteiger partial charge >= 0.3 is 0 Å². The van der Waals surface area contributed by atoms with Crippen molar-refractivity contribution in [1.29, 1.82) is 0 Å². The van der Waals surface area contributed by atoms with Crippen molar-refractivity contribution in [3.8, 4) is 0 Å². The van der Waals surface area contributed by atoms with E-state index in [4.69, 9.17) is 0 Å². The van der Waals surface area contributed by atoms with E-state index in [9.17, 15) is 27.7 Å². The van der Waals surface area contributed by atoms with Crippen molar-refractivity contribution in [2.45, 2.75) is 23.6 Å². The smallest absolute Gasteiger partial charge is 0.289 e. The Kier molecular flexibility index (Phi) is 6.58. The number of anilines is 1. The van der Waals surface area contributed by atoms with Crippen molar-refractivity contribution < 1.29 is 22.5 Å². The zero-order chi connectivity index (χ0) is 25.3. The van der Waals surface area contributed by atoms with E-state index in [1.54, 1.807) is 4.90 Å². The summed E-state index contributed by atoms with van der Waals surface area (Å²) in [4.78, 5) is 27.0. The van der Waals surface area contributed by atoms with Crippen molar-refractivity contribution in [3.05, 3.63) is 93.3 Å². The summed E-state index contributed by atoms with van der Waals surface area (Å²) in [5.41, 5.74) is 2.74. The maximum Gasteiger partial charge on any atom is 0.289 e. The molecule has 8 nitrogen and oxygen atoms in total. The summed E-state index contributed by atoms with van der Waals surface area (Å²) in [5, 5.41) is 11.7. The number of hydrogen-bond acceptors (Lipinski definition) is 6. The Balaban J connectivity index is 1.56. The van der Waals surface area contributed by atoms with E-state index in [2.05, 4.69) is 17.0 Å². The van der Waals surface area contributed by atoms with Crippen molar-refractivity contribution in [1.82, 2.24) is 4.90 Å². The first-order chi connectivity index (χ1) is 16.6. The lowest BCUT2D eigenvalue weighted by atomic mass is 10.1. The van der Waals surface area contributed by atoms with Crippen LogP contribution >= 0.6 is 0 Å². The molecule has 0 spiro atoms. The Labute approximate surface area is 202 Å². The lowest BCUT2D eigenvalue weighted by Crippen LogP contribution is -2.49. The molecule has 0 radical (unpaired) electrons. The van der Waals surface area contributed by atoms with Crippen LogP contribution in [0.4, 0.5) is 15.8 Å². The Morgan fingerprint density at radius 2 is 1.60 bits per heavy atom. The molecular weight excluding hydrogens is 473 g/mol. The van der Waals surface area contributed by atoms with E-state index in [0.717, 1.165) is 53.2 Å². The fraction of sp³-hybridized carbons (Fsp3) is 0.240. The van der Waals surface area contributed by atoms with Gasteiger partial charge in [0.2, 0.25) is 9.84 Å². The van der Waals surface area contributed by atoms with Crippen LogP contribution in [0.25, 0.3) is 0 Å². The minimum Gasteiger partial charge on any atom is -0.368 e. The van der Waals surface area contributed by atoms with Gasteiger partial charge < -0.3 is 9.80 Å². The number of amides is 1. The molecule has 0 N–H and O–H groups in total. The second-order valence-corrected chi connectivity index (χ2v) is 10.4. The monoisotopic (exact) mass is 497 g/mol. The molecule has 0 saturated carbocycles. The first-order valence-corrected chi connectivity index (χ1v) is 12.5. The number of aryl methyl sites for hydroxylation is 2. The van der Waals surface area contributed by atoms with Crippen LogP contribution in [0, 0.1) is 29.8 Å². The number of piperazine rings is 1. The number of sulfone groups is 1. The molecule has 4 rings (SSSR count). The van der Waals surface area contributed by atoms with Crippen LogP contribution in [-0.2, 0) is 9.84 Å². The molecule has 35 heavy (non-hydrogen) atoms. The Morgan fingerprint density at radius 3 is 2.23 bits per heavy atom. The number of hydrogen-bond donors (Lipinski definition) is 0. The summed E-state index contributed by atoms with van der Waals surface area (Å²) in [5.74, 6) is -1.03. The Hall–Kier alpha value is -3.79. The summed E-state index contributed by atoms with van der Waals surface area (Å²) in [6, 6.07) is 13.6. The number of nitrogens with zero attached hydrogens (tertiary/aromatic N) is 3. The summed E-state index contributed by atoms with van der Waals surface area (Å²) in [6.45, 7) is 6.12. The highest BCUT2D eigenvalue weighted by Gasteiger charge is 2.30. The molecule has 1 aliphatic heterocycles. The molecule has 0 bridgehead atoms. The van der Waals surface area contributed by atoms with E-state index >= 15 is 0 Å². The molecule has 1 aliphatic rings. The zero-order valence-electron chi connectivity index (χ0n) is 19.3. The third-order valence-corrected chi connectivity index (χ3v) is 7.91. The van der Waals surface area contributed by atoms with E-state index in [-0.39, 0.29) is 10.5 Å². The standard InChI is InChI=1S/C25H24FN3O5S/c1-17-3-4-18(2)22(15-17)27-11-13-28(14-12-27)25(30)19-5-10-24(23(16-19)29(31)32)35(33,34)21-8-6-20(26)7-9-21/h3-10,15-16H,11-14H2,1-2H3.